The van der Waals surface area contributed by atoms with Crippen molar-refractivity contribution in [1.29, 1.82) is 0 Å². The van der Waals surface area contributed by atoms with E-state index in [0.717, 1.165) is 29.5 Å². The van der Waals surface area contributed by atoms with Gasteiger partial charge in [0, 0.05) is 11.8 Å². The Kier molecular flexibility index (Phi) is 3.47. The van der Waals surface area contributed by atoms with Crippen molar-refractivity contribution < 1.29 is 9.59 Å². The molecular formula is C21H17N3O3. The van der Waals surface area contributed by atoms with E-state index in [2.05, 4.69) is 10.2 Å². The van der Waals surface area contributed by atoms with E-state index in [1.165, 1.54) is 4.90 Å². The molecule has 0 radical (unpaired) electrons. The Morgan fingerprint density at radius 2 is 1.63 bits per heavy atom. The van der Waals surface area contributed by atoms with Gasteiger partial charge in [-0.05, 0) is 36.6 Å². The zero-order chi connectivity index (χ0) is 18.5. The lowest BCUT2D eigenvalue weighted by Crippen LogP contribution is -2.30. The van der Waals surface area contributed by atoms with Crippen molar-refractivity contribution in [2.24, 2.45) is 11.8 Å². The van der Waals surface area contributed by atoms with Gasteiger partial charge in [0.25, 0.3) is 5.56 Å². The first-order valence-corrected chi connectivity index (χ1v) is 9.06. The first-order chi connectivity index (χ1) is 13.1. The van der Waals surface area contributed by atoms with Gasteiger partial charge in [-0.2, -0.15) is 5.10 Å². The van der Waals surface area contributed by atoms with Crippen LogP contribution in [0.2, 0.25) is 0 Å². The zero-order valence-electron chi connectivity index (χ0n) is 14.5. The Labute approximate surface area is 154 Å². The number of aromatic nitrogens is 2. The highest BCUT2D eigenvalue weighted by atomic mass is 16.2. The summed E-state index contributed by atoms with van der Waals surface area (Å²) >= 11 is 0. The van der Waals surface area contributed by atoms with E-state index in [1.807, 2.05) is 36.4 Å². The van der Waals surface area contributed by atoms with Crippen molar-refractivity contribution in [3.05, 3.63) is 70.1 Å². The molecule has 6 heteroatoms. The number of nitrogens with zero attached hydrogens (tertiary/aromatic N) is 2. The average Bonchev–Trinajstić information content (AvgIpc) is 2.80. The molecule has 2 atom stereocenters. The van der Waals surface area contributed by atoms with Crippen LogP contribution in [-0.2, 0) is 16.0 Å². The molecule has 2 heterocycles. The maximum Gasteiger partial charge on any atom is 0.272 e. The minimum absolute atomic E-state index is 0.0824. The number of carbonyl (C=O) groups excluding carboxylic acids is 2. The van der Waals surface area contributed by atoms with Crippen LogP contribution in [0.4, 0.5) is 5.69 Å². The molecule has 2 aliphatic rings. The SMILES string of the molecule is O=C1C2CCC2C(=O)N1c1cccc(Cc2n[nH]c(=O)c3ccccc23)c1. The average molecular weight is 359 g/mol. The van der Waals surface area contributed by atoms with Crippen LogP contribution in [0.3, 0.4) is 0 Å². The first-order valence-electron chi connectivity index (χ1n) is 9.06. The Balaban J connectivity index is 1.51. The normalized spacial score (nSPS) is 21.4. The van der Waals surface area contributed by atoms with Crippen LogP contribution in [0.15, 0.2) is 53.3 Å². The molecule has 134 valence electrons. The molecule has 1 saturated heterocycles. The quantitative estimate of drug-likeness (QED) is 0.728. The summed E-state index contributed by atoms with van der Waals surface area (Å²) < 4.78 is 0. The van der Waals surface area contributed by atoms with Crippen LogP contribution in [0.1, 0.15) is 24.1 Å². The molecule has 0 spiro atoms. The second-order valence-electron chi connectivity index (χ2n) is 7.19. The van der Waals surface area contributed by atoms with Gasteiger partial charge < -0.3 is 0 Å². The van der Waals surface area contributed by atoms with E-state index in [4.69, 9.17) is 0 Å². The van der Waals surface area contributed by atoms with Gasteiger partial charge in [0.15, 0.2) is 0 Å². The van der Waals surface area contributed by atoms with E-state index in [-0.39, 0.29) is 29.2 Å². The number of carbonyl (C=O) groups is 2. The minimum atomic E-state index is -0.216. The lowest BCUT2D eigenvalue weighted by molar-refractivity contribution is -0.123. The smallest absolute Gasteiger partial charge is 0.272 e. The lowest BCUT2D eigenvalue weighted by atomic mass is 9.76. The van der Waals surface area contributed by atoms with Gasteiger partial charge in [-0.1, -0.05) is 30.3 Å². The van der Waals surface area contributed by atoms with Crippen LogP contribution < -0.4 is 10.5 Å². The Hall–Kier alpha value is -3.28. The van der Waals surface area contributed by atoms with Crippen LogP contribution in [0.25, 0.3) is 10.8 Å². The number of anilines is 1. The molecule has 0 bridgehead atoms. The maximum absolute atomic E-state index is 12.5. The predicted molar refractivity (Wildman–Crippen MR) is 100 cm³/mol. The summed E-state index contributed by atoms with van der Waals surface area (Å²) in [7, 11) is 0. The molecule has 2 aromatic carbocycles. The fraction of sp³-hybridized carbons (Fsp3) is 0.238. The van der Waals surface area contributed by atoms with Crippen LogP contribution in [0, 0.1) is 11.8 Å². The third kappa shape index (κ3) is 2.40. The van der Waals surface area contributed by atoms with Gasteiger partial charge in [-0.3, -0.25) is 19.3 Å². The summed E-state index contributed by atoms with van der Waals surface area (Å²) in [5.74, 6) is -0.432. The molecule has 1 saturated carbocycles. The molecule has 1 aliphatic carbocycles. The lowest BCUT2D eigenvalue weighted by Gasteiger charge is -2.23. The molecule has 3 aromatic rings. The van der Waals surface area contributed by atoms with Gasteiger partial charge in [0.05, 0.1) is 28.6 Å². The topological polar surface area (TPSA) is 83.1 Å². The maximum atomic E-state index is 12.5. The van der Waals surface area contributed by atoms with Gasteiger partial charge in [-0.25, -0.2) is 5.10 Å². The van der Waals surface area contributed by atoms with E-state index >= 15 is 0 Å². The molecule has 2 fully saturated rings. The van der Waals surface area contributed by atoms with E-state index in [1.54, 1.807) is 12.1 Å². The van der Waals surface area contributed by atoms with Crippen molar-refractivity contribution in [1.82, 2.24) is 10.2 Å². The Morgan fingerprint density at radius 3 is 2.33 bits per heavy atom. The molecule has 6 nitrogen and oxygen atoms in total. The van der Waals surface area contributed by atoms with Crippen LogP contribution in [0.5, 0.6) is 0 Å². The van der Waals surface area contributed by atoms with Crippen molar-refractivity contribution in [3.8, 4) is 0 Å². The Bertz CT molecular complexity index is 1130. The molecule has 2 amide bonds. The number of nitrogens with one attached hydrogen (secondary N) is 1. The standard InChI is InChI=1S/C21H17N3O3/c25-19-15-7-2-1-6-14(15)18(22-23-19)11-12-4-3-5-13(10-12)24-20(26)16-8-9-17(16)21(24)27/h1-7,10,16-17H,8-9,11H2,(H,23,25). The number of rotatable bonds is 3. The predicted octanol–water partition coefficient (Wildman–Crippen LogP) is 2.41. The van der Waals surface area contributed by atoms with Crippen LogP contribution in [-0.4, -0.2) is 22.0 Å². The van der Waals surface area contributed by atoms with Crippen molar-refractivity contribution in [3.63, 3.8) is 0 Å². The van der Waals surface area contributed by atoms with E-state index < -0.39 is 0 Å². The van der Waals surface area contributed by atoms with Crippen molar-refractivity contribution in [2.75, 3.05) is 4.90 Å². The number of benzene rings is 2. The number of imide groups is 1. The minimum Gasteiger partial charge on any atom is -0.274 e. The summed E-state index contributed by atoms with van der Waals surface area (Å²) in [4.78, 5) is 38.3. The molecule has 1 N–H and O–H groups in total. The summed E-state index contributed by atoms with van der Waals surface area (Å²) in [6, 6.07) is 14.8. The number of hydrogen-bond acceptors (Lipinski definition) is 4. The summed E-state index contributed by atoms with van der Waals surface area (Å²) in [6.07, 6.45) is 2.10. The van der Waals surface area contributed by atoms with Gasteiger partial charge in [-0.15, -0.1) is 0 Å². The monoisotopic (exact) mass is 359 g/mol. The molecule has 1 aliphatic heterocycles. The number of hydrogen-bond donors (Lipinski definition) is 1. The molecule has 27 heavy (non-hydrogen) atoms. The molecule has 2 unspecified atom stereocenters. The molecule has 5 rings (SSSR count). The van der Waals surface area contributed by atoms with Crippen LogP contribution >= 0.6 is 0 Å². The summed E-state index contributed by atoms with van der Waals surface area (Å²) in [5, 5.41) is 8.15. The fourth-order valence-electron chi connectivity index (χ4n) is 4.09. The first kappa shape index (κ1) is 15.9. The summed E-state index contributed by atoms with van der Waals surface area (Å²) in [5.41, 5.74) is 2.08. The third-order valence-corrected chi connectivity index (χ3v) is 5.66. The highest BCUT2D eigenvalue weighted by molar-refractivity contribution is 6.22. The number of amides is 2. The largest absolute Gasteiger partial charge is 0.274 e. The number of H-pyrrole nitrogens is 1. The van der Waals surface area contributed by atoms with E-state index in [0.29, 0.717) is 17.5 Å². The van der Waals surface area contributed by atoms with Gasteiger partial charge in [0.1, 0.15) is 0 Å². The zero-order valence-corrected chi connectivity index (χ0v) is 14.5. The second kappa shape index (κ2) is 5.87. The second-order valence-corrected chi connectivity index (χ2v) is 7.19. The molecule has 1 aromatic heterocycles. The molecular weight excluding hydrogens is 342 g/mol. The Morgan fingerprint density at radius 1 is 0.926 bits per heavy atom. The van der Waals surface area contributed by atoms with Crippen molar-refractivity contribution in [2.45, 2.75) is 19.3 Å². The number of fused-ring (bicyclic) bond motifs is 2. The highest BCUT2D eigenvalue weighted by Crippen LogP contribution is 2.44. The fourth-order valence-corrected chi connectivity index (χ4v) is 4.09. The van der Waals surface area contributed by atoms with Gasteiger partial charge in [0.2, 0.25) is 11.8 Å². The third-order valence-electron chi connectivity index (χ3n) is 5.66. The van der Waals surface area contributed by atoms with Crippen molar-refractivity contribution >= 4 is 28.3 Å². The van der Waals surface area contributed by atoms with E-state index in [9.17, 15) is 14.4 Å². The highest BCUT2D eigenvalue weighted by Gasteiger charge is 2.53. The van der Waals surface area contributed by atoms with Gasteiger partial charge >= 0.3 is 0 Å². The number of aromatic amines is 1. The summed E-state index contributed by atoms with van der Waals surface area (Å²) in [6.45, 7) is 0.